The molecule has 0 amide bonds. The SMILES string of the molecule is C=C[C@@H](CO)c1ccco1. The monoisotopic (exact) mass is 138 g/mol. The maximum absolute atomic E-state index is 8.77. The zero-order valence-corrected chi connectivity index (χ0v) is 5.66. The van der Waals surface area contributed by atoms with E-state index in [2.05, 4.69) is 6.58 Å². The minimum Gasteiger partial charge on any atom is -0.469 e. The molecule has 0 spiro atoms. The third kappa shape index (κ3) is 1.28. The van der Waals surface area contributed by atoms with Gasteiger partial charge in [-0.25, -0.2) is 0 Å². The molecule has 1 aromatic heterocycles. The van der Waals surface area contributed by atoms with Crippen LogP contribution in [0.3, 0.4) is 0 Å². The van der Waals surface area contributed by atoms with Crippen LogP contribution in [0, 0.1) is 0 Å². The largest absolute Gasteiger partial charge is 0.469 e. The van der Waals surface area contributed by atoms with Crippen molar-refractivity contribution in [1.82, 2.24) is 0 Å². The van der Waals surface area contributed by atoms with Crippen LogP contribution in [0.4, 0.5) is 0 Å². The molecule has 1 rings (SSSR count). The van der Waals surface area contributed by atoms with E-state index in [0.29, 0.717) is 0 Å². The molecule has 1 atom stereocenters. The molecule has 2 heteroatoms. The van der Waals surface area contributed by atoms with E-state index in [-0.39, 0.29) is 12.5 Å². The van der Waals surface area contributed by atoms with Crippen LogP contribution < -0.4 is 0 Å². The maximum atomic E-state index is 8.77. The molecule has 0 radical (unpaired) electrons. The van der Waals surface area contributed by atoms with E-state index in [1.165, 1.54) is 0 Å². The molecule has 0 aliphatic rings. The number of rotatable bonds is 3. The van der Waals surface area contributed by atoms with Crippen LogP contribution >= 0.6 is 0 Å². The number of aliphatic hydroxyl groups is 1. The Labute approximate surface area is 59.8 Å². The van der Waals surface area contributed by atoms with Gasteiger partial charge in [0.25, 0.3) is 0 Å². The summed E-state index contributed by atoms with van der Waals surface area (Å²) in [6.07, 6.45) is 3.25. The summed E-state index contributed by atoms with van der Waals surface area (Å²) in [6.45, 7) is 3.62. The lowest BCUT2D eigenvalue weighted by atomic mass is 10.1. The maximum Gasteiger partial charge on any atom is 0.112 e. The Morgan fingerprint density at radius 3 is 3.00 bits per heavy atom. The van der Waals surface area contributed by atoms with E-state index in [0.717, 1.165) is 5.76 Å². The van der Waals surface area contributed by atoms with Gasteiger partial charge in [-0.05, 0) is 12.1 Å². The first-order chi connectivity index (χ1) is 4.88. The third-order valence-corrected chi connectivity index (χ3v) is 1.39. The van der Waals surface area contributed by atoms with Gasteiger partial charge in [-0.15, -0.1) is 6.58 Å². The number of furan rings is 1. The average molecular weight is 138 g/mol. The summed E-state index contributed by atoms with van der Waals surface area (Å²) in [6, 6.07) is 3.62. The Bertz CT molecular complexity index is 189. The smallest absolute Gasteiger partial charge is 0.112 e. The second kappa shape index (κ2) is 3.22. The van der Waals surface area contributed by atoms with Gasteiger partial charge in [-0.1, -0.05) is 6.08 Å². The summed E-state index contributed by atoms with van der Waals surface area (Å²) in [4.78, 5) is 0. The van der Waals surface area contributed by atoms with Crippen molar-refractivity contribution in [2.75, 3.05) is 6.61 Å². The van der Waals surface area contributed by atoms with Crippen molar-refractivity contribution in [3.05, 3.63) is 36.8 Å². The molecule has 0 saturated carbocycles. The highest BCUT2D eigenvalue weighted by Gasteiger charge is 2.06. The Kier molecular flexibility index (Phi) is 2.29. The van der Waals surface area contributed by atoms with Crippen LogP contribution in [-0.2, 0) is 0 Å². The Morgan fingerprint density at radius 2 is 2.60 bits per heavy atom. The van der Waals surface area contributed by atoms with Crippen LogP contribution in [0.2, 0.25) is 0 Å². The number of hydrogen-bond donors (Lipinski definition) is 1. The van der Waals surface area contributed by atoms with Gasteiger partial charge in [0.1, 0.15) is 5.76 Å². The fourth-order valence-electron chi connectivity index (χ4n) is 0.783. The third-order valence-electron chi connectivity index (χ3n) is 1.39. The Hall–Kier alpha value is -1.02. The van der Waals surface area contributed by atoms with Crippen LogP contribution in [0.15, 0.2) is 35.5 Å². The van der Waals surface area contributed by atoms with Gasteiger partial charge in [0.2, 0.25) is 0 Å². The van der Waals surface area contributed by atoms with E-state index < -0.39 is 0 Å². The standard InChI is InChI=1S/C8H10O2/c1-2-7(6-9)8-4-3-5-10-8/h2-5,7,9H,1,6H2/t7-/m0/s1. The molecule has 2 nitrogen and oxygen atoms in total. The Balaban J connectivity index is 2.73. The predicted molar refractivity (Wildman–Crippen MR) is 38.7 cm³/mol. The highest BCUT2D eigenvalue weighted by molar-refractivity contribution is 5.10. The van der Waals surface area contributed by atoms with E-state index in [4.69, 9.17) is 9.52 Å². The van der Waals surface area contributed by atoms with Crippen LogP contribution in [0.1, 0.15) is 11.7 Å². The normalized spacial score (nSPS) is 12.9. The molecule has 1 aromatic rings. The van der Waals surface area contributed by atoms with E-state index in [9.17, 15) is 0 Å². The van der Waals surface area contributed by atoms with Gasteiger partial charge >= 0.3 is 0 Å². The fourth-order valence-corrected chi connectivity index (χ4v) is 0.783. The number of aliphatic hydroxyl groups excluding tert-OH is 1. The second-order valence-corrected chi connectivity index (χ2v) is 2.04. The van der Waals surface area contributed by atoms with Crippen molar-refractivity contribution >= 4 is 0 Å². The van der Waals surface area contributed by atoms with E-state index in [1.807, 2.05) is 6.07 Å². The molecule has 1 heterocycles. The highest BCUT2D eigenvalue weighted by Crippen LogP contribution is 2.15. The first-order valence-corrected chi connectivity index (χ1v) is 3.15. The van der Waals surface area contributed by atoms with Gasteiger partial charge in [0, 0.05) is 0 Å². The minimum absolute atomic E-state index is 0.0526. The summed E-state index contributed by atoms with van der Waals surface area (Å²) in [7, 11) is 0. The van der Waals surface area contributed by atoms with Crippen molar-refractivity contribution in [2.45, 2.75) is 5.92 Å². The van der Waals surface area contributed by atoms with Crippen LogP contribution in [0.25, 0.3) is 0 Å². The molecule has 0 aromatic carbocycles. The Morgan fingerprint density at radius 1 is 1.80 bits per heavy atom. The highest BCUT2D eigenvalue weighted by atomic mass is 16.3. The lowest BCUT2D eigenvalue weighted by Crippen LogP contribution is -1.97. The second-order valence-electron chi connectivity index (χ2n) is 2.04. The summed E-state index contributed by atoms with van der Waals surface area (Å²) in [5.41, 5.74) is 0. The van der Waals surface area contributed by atoms with Crippen molar-refractivity contribution in [3.8, 4) is 0 Å². The molecular weight excluding hydrogens is 128 g/mol. The minimum atomic E-state index is -0.0602. The first kappa shape index (κ1) is 7.09. The first-order valence-electron chi connectivity index (χ1n) is 3.15. The topological polar surface area (TPSA) is 33.4 Å². The van der Waals surface area contributed by atoms with E-state index in [1.54, 1.807) is 18.4 Å². The van der Waals surface area contributed by atoms with Crippen molar-refractivity contribution in [2.24, 2.45) is 0 Å². The van der Waals surface area contributed by atoms with Gasteiger partial charge in [0.05, 0.1) is 18.8 Å². The molecule has 54 valence electrons. The molecule has 0 bridgehead atoms. The number of hydrogen-bond acceptors (Lipinski definition) is 2. The van der Waals surface area contributed by atoms with Gasteiger partial charge in [-0.2, -0.15) is 0 Å². The lowest BCUT2D eigenvalue weighted by molar-refractivity contribution is 0.269. The summed E-state index contributed by atoms with van der Waals surface area (Å²) in [5.74, 6) is 0.701. The van der Waals surface area contributed by atoms with Crippen molar-refractivity contribution < 1.29 is 9.52 Å². The van der Waals surface area contributed by atoms with Crippen molar-refractivity contribution in [3.63, 3.8) is 0 Å². The van der Waals surface area contributed by atoms with E-state index >= 15 is 0 Å². The lowest BCUT2D eigenvalue weighted by Gasteiger charge is -2.02. The fraction of sp³-hybridized carbons (Fsp3) is 0.250. The molecular formula is C8H10O2. The molecule has 0 aliphatic heterocycles. The quantitative estimate of drug-likeness (QED) is 0.643. The molecule has 0 fully saturated rings. The molecule has 0 unspecified atom stereocenters. The summed E-state index contributed by atoms with van der Waals surface area (Å²) < 4.78 is 5.05. The van der Waals surface area contributed by atoms with Crippen LogP contribution in [0.5, 0.6) is 0 Å². The van der Waals surface area contributed by atoms with Crippen molar-refractivity contribution in [1.29, 1.82) is 0 Å². The summed E-state index contributed by atoms with van der Waals surface area (Å²) in [5, 5.41) is 8.77. The molecule has 0 saturated heterocycles. The molecule has 1 N–H and O–H groups in total. The zero-order valence-electron chi connectivity index (χ0n) is 5.66. The zero-order chi connectivity index (χ0) is 7.40. The molecule has 0 aliphatic carbocycles. The predicted octanol–water partition coefficient (Wildman–Crippen LogP) is 1.54. The average Bonchev–Trinajstić information content (AvgIpc) is 2.43. The van der Waals surface area contributed by atoms with Gasteiger partial charge in [-0.3, -0.25) is 0 Å². The van der Waals surface area contributed by atoms with Gasteiger partial charge < -0.3 is 9.52 Å². The molecule has 10 heavy (non-hydrogen) atoms. The van der Waals surface area contributed by atoms with Crippen LogP contribution in [-0.4, -0.2) is 11.7 Å². The van der Waals surface area contributed by atoms with Gasteiger partial charge in [0.15, 0.2) is 0 Å². The summed E-state index contributed by atoms with van der Waals surface area (Å²) >= 11 is 0.